The molecule has 22 heavy (non-hydrogen) atoms. The first-order valence-electron chi connectivity index (χ1n) is 7.55. The first-order chi connectivity index (χ1) is 10.2. The highest BCUT2D eigenvalue weighted by atomic mass is 16.6. The molecule has 0 aliphatic carbocycles. The van der Waals surface area contributed by atoms with E-state index in [1.54, 1.807) is 4.90 Å². The molecule has 120 valence electrons. The molecular formula is C17H23NO4. The number of fused-ring (bicyclic) bond motifs is 1. The third kappa shape index (κ3) is 4.48. The molecule has 2 rings (SSSR count). The van der Waals surface area contributed by atoms with E-state index in [2.05, 4.69) is 0 Å². The summed E-state index contributed by atoms with van der Waals surface area (Å²) in [4.78, 5) is 24.5. The Hall–Kier alpha value is -2.04. The third-order valence-corrected chi connectivity index (χ3v) is 3.56. The van der Waals surface area contributed by atoms with E-state index in [-0.39, 0.29) is 12.5 Å². The molecule has 0 unspecified atom stereocenters. The minimum Gasteiger partial charge on any atom is -0.481 e. The Labute approximate surface area is 130 Å². The summed E-state index contributed by atoms with van der Waals surface area (Å²) in [5.41, 5.74) is 2.80. The van der Waals surface area contributed by atoms with Gasteiger partial charge in [0.1, 0.15) is 5.60 Å². The van der Waals surface area contributed by atoms with Crippen LogP contribution in [0.2, 0.25) is 0 Å². The average molecular weight is 305 g/mol. The van der Waals surface area contributed by atoms with E-state index in [9.17, 15) is 9.59 Å². The lowest BCUT2D eigenvalue weighted by Crippen LogP contribution is -2.39. The van der Waals surface area contributed by atoms with Crippen molar-refractivity contribution in [3.8, 4) is 0 Å². The Morgan fingerprint density at radius 3 is 2.64 bits per heavy atom. The van der Waals surface area contributed by atoms with Crippen LogP contribution in [0.5, 0.6) is 0 Å². The predicted molar refractivity (Wildman–Crippen MR) is 82.7 cm³/mol. The minimum atomic E-state index is -0.798. The number of carbonyl (C=O) groups is 2. The largest absolute Gasteiger partial charge is 0.481 e. The number of hydrogen-bond acceptors (Lipinski definition) is 3. The maximum absolute atomic E-state index is 12.1. The summed E-state index contributed by atoms with van der Waals surface area (Å²) in [6.07, 6.45) is 1.13. The van der Waals surface area contributed by atoms with Crippen molar-refractivity contribution in [3.63, 3.8) is 0 Å². The van der Waals surface area contributed by atoms with Crippen LogP contribution >= 0.6 is 0 Å². The molecule has 1 amide bonds. The van der Waals surface area contributed by atoms with Crippen molar-refractivity contribution in [1.29, 1.82) is 0 Å². The lowest BCUT2D eigenvalue weighted by atomic mass is 9.96. The standard InChI is InChI=1S/C17H23NO4/c1-17(2,3)22-16(21)18-9-8-13-6-4-12(5-7-15(19)20)10-14(13)11-18/h4,6,10H,5,7-9,11H2,1-3H3,(H,19,20). The first kappa shape index (κ1) is 16.3. The SMILES string of the molecule is CC(C)(C)OC(=O)N1CCc2ccc(CCC(=O)O)cc2C1. The first-order valence-corrected chi connectivity index (χ1v) is 7.55. The van der Waals surface area contributed by atoms with Gasteiger partial charge in [0.05, 0.1) is 0 Å². The van der Waals surface area contributed by atoms with Crippen molar-refractivity contribution in [2.24, 2.45) is 0 Å². The second-order valence-electron chi connectivity index (χ2n) is 6.65. The molecule has 1 aliphatic rings. The third-order valence-electron chi connectivity index (χ3n) is 3.56. The van der Waals surface area contributed by atoms with E-state index < -0.39 is 11.6 Å². The van der Waals surface area contributed by atoms with E-state index >= 15 is 0 Å². The van der Waals surface area contributed by atoms with E-state index in [0.29, 0.717) is 19.5 Å². The average Bonchev–Trinajstić information content (AvgIpc) is 2.42. The smallest absolute Gasteiger partial charge is 0.410 e. The van der Waals surface area contributed by atoms with Gasteiger partial charge in [0.15, 0.2) is 0 Å². The molecule has 1 aromatic rings. The van der Waals surface area contributed by atoms with Gasteiger partial charge in [-0.2, -0.15) is 0 Å². The maximum Gasteiger partial charge on any atom is 0.410 e. The molecule has 5 heteroatoms. The molecule has 0 saturated carbocycles. The second kappa shape index (κ2) is 6.38. The number of rotatable bonds is 3. The number of carbonyl (C=O) groups excluding carboxylic acids is 1. The summed E-state index contributed by atoms with van der Waals surface area (Å²) in [5.74, 6) is -0.798. The molecule has 0 saturated heterocycles. The van der Waals surface area contributed by atoms with Crippen LogP contribution in [-0.4, -0.2) is 34.2 Å². The van der Waals surface area contributed by atoms with Crippen LogP contribution in [0, 0.1) is 0 Å². The summed E-state index contributed by atoms with van der Waals surface area (Å²) in [6, 6.07) is 6.03. The van der Waals surface area contributed by atoms with Gasteiger partial charge in [-0.05, 0) is 50.3 Å². The van der Waals surface area contributed by atoms with Gasteiger partial charge in [0, 0.05) is 19.5 Å². The molecule has 0 bridgehead atoms. The van der Waals surface area contributed by atoms with E-state index in [1.807, 2.05) is 39.0 Å². The van der Waals surface area contributed by atoms with Crippen LogP contribution in [0.4, 0.5) is 4.79 Å². The van der Waals surface area contributed by atoms with Gasteiger partial charge in [0.25, 0.3) is 0 Å². The highest BCUT2D eigenvalue weighted by Crippen LogP contribution is 2.22. The fourth-order valence-electron chi connectivity index (χ4n) is 2.50. The van der Waals surface area contributed by atoms with Crippen molar-refractivity contribution in [1.82, 2.24) is 4.90 Å². The Morgan fingerprint density at radius 2 is 2.00 bits per heavy atom. The number of nitrogens with zero attached hydrogens (tertiary/aromatic N) is 1. The second-order valence-corrected chi connectivity index (χ2v) is 6.65. The lowest BCUT2D eigenvalue weighted by molar-refractivity contribution is -0.136. The normalized spacial score (nSPS) is 14.4. The van der Waals surface area contributed by atoms with Gasteiger partial charge in [0.2, 0.25) is 0 Å². The van der Waals surface area contributed by atoms with Crippen molar-refractivity contribution >= 4 is 12.1 Å². The van der Waals surface area contributed by atoms with Crippen LogP contribution in [0.3, 0.4) is 0 Å². The summed E-state index contributed by atoms with van der Waals surface area (Å²) in [5, 5.41) is 8.77. The van der Waals surface area contributed by atoms with Gasteiger partial charge in [-0.3, -0.25) is 4.79 Å². The number of ether oxygens (including phenoxy) is 1. The van der Waals surface area contributed by atoms with Gasteiger partial charge in [-0.25, -0.2) is 4.79 Å². The maximum atomic E-state index is 12.1. The lowest BCUT2D eigenvalue weighted by Gasteiger charge is -2.31. The van der Waals surface area contributed by atoms with Crippen LogP contribution in [-0.2, 0) is 28.9 Å². The molecular weight excluding hydrogens is 282 g/mol. The zero-order chi connectivity index (χ0) is 16.3. The monoisotopic (exact) mass is 305 g/mol. The highest BCUT2D eigenvalue weighted by molar-refractivity contribution is 5.69. The van der Waals surface area contributed by atoms with Gasteiger partial charge in [-0.1, -0.05) is 18.2 Å². The number of amides is 1. The molecule has 0 atom stereocenters. The molecule has 0 radical (unpaired) electrons. The predicted octanol–water partition coefficient (Wildman–Crippen LogP) is 3.00. The van der Waals surface area contributed by atoms with Crippen LogP contribution in [0.25, 0.3) is 0 Å². The fourth-order valence-corrected chi connectivity index (χ4v) is 2.50. The number of aliphatic carboxylic acids is 1. The van der Waals surface area contributed by atoms with Crippen molar-refractivity contribution < 1.29 is 19.4 Å². The molecule has 1 aromatic carbocycles. The highest BCUT2D eigenvalue weighted by Gasteiger charge is 2.25. The number of hydrogen-bond donors (Lipinski definition) is 1. The summed E-state index contributed by atoms with van der Waals surface area (Å²) in [6.45, 7) is 6.73. The molecule has 0 aromatic heterocycles. The Balaban J connectivity index is 2.06. The summed E-state index contributed by atoms with van der Waals surface area (Å²) in [7, 11) is 0. The zero-order valence-electron chi connectivity index (χ0n) is 13.4. The number of carboxylic acid groups (broad SMARTS) is 1. The van der Waals surface area contributed by atoms with Crippen LogP contribution in [0.1, 0.15) is 43.9 Å². The zero-order valence-corrected chi connectivity index (χ0v) is 13.4. The molecule has 0 spiro atoms. The Morgan fingerprint density at radius 1 is 1.27 bits per heavy atom. The summed E-state index contributed by atoms with van der Waals surface area (Å²) < 4.78 is 5.41. The van der Waals surface area contributed by atoms with E-state index in [4.69, 9.17) is 9.84 Å². The molecule has 5 nitrogen and oxygen atoms in total. The number of carboxylic acids is 1. The topological polar surface area (TPSA) is 66.8 Å². The van der Waals surface area contributed by atoms with E-state index in [0.717, 1.165) is 17.5 Å². The van der Waals surface area contributed by atoms with Crippen LogP contribution < -0.4 is 0 Å². The molecule has 1 aliphatic heterocycles. The quantitative estimate of drug-likeness (QED) is 0.932. The molecule has 0 fully saturated rings. The summed E-state index contributed by atoms with van der Waals surface area (Å²) >= 11 is 0. The number of benzene rings is 1. The van der Waals surface area contributed by atoms with Gasteiger partial charge >= 0.3 is 12.1 Å². The fraction of sp³-hybridized carbons (Fsp3) is 0.529. The van der Waals surface area contributed by atoms with Crippen molar-refractivity contribution in [2.45, 2.75) is 52.2 Å². The Bertz CT molecular complexity index is 575. The van der Waals surface area contributed by atoms with E-state index in [1.165, 1.54) is 5.56 Å². The van der Waals surface area contributed by atoms with Crippen LogP contribution in [0.15, 0.2) is 18.2 Å². The van der Waals surface area contributed by atoms with Crippen molar-refractivity contribution in [2.75, 3.05) is 6.54 Å². The van der Waals surface area contributed by atoms with Crippen molar-refractivity contribution in [3.05, 3.63) is 34.9 Å². The van der Waals surface area contributed by atoms with Gasteiger partial charge in [-0.15, -0.1) is 0 Å². The minimum absolute atomic E-state index is 0.120. The molecule has 1 N–H and O–H groups in total. The van der Waals surface area contributed by atoms with Gasteiger partial charge < -0.3 is 14.7 Å². The molecule has 1 heterocycles. The number of aryl methyl sites for hydroxylation is 1. The Kier molecular flexibility index (Phi) is 4.74.